The van der Waals surface area contributed by atoms with Gasteiger partial charge in [0.1, 0.15) is 5.75 Å². The Bertz CT molecular complexity index is 611. The number of carbonyl (C=O) groups excluding carboxylic acids is 1. The minimum absolute atomic E-state index is 0.191. The number of ether oxygens (including phenoxy) is 1. The summed E-state index contributed by atoms with van der Waals surface area (Å²) in [5.41, 5.74) is 8.69. The summed E-state index contributed by atoms with van der Waals surface area (Å²) in [6, 6.07) is 14.7. The molecule has 0 aliphatic heterocycles. The number of methoxy groups -OCH3 is 1. The van der Waals surface area contributed by atoms with Crippen molar-refractivity contribution in [2.24, 2.45) is 5.73 Å². The molecule has 0 aromatic heterocycles. The van der Waals surface area contributed by atoms with Gasteiger partial charge < -0.3 is 15.8 Å². The lowest BCUT2D eigenvalue weighted by atomic mass is 10.1. The first-order valence-corrected chi connectivity index (χ1v) is 6.85. The summed E-state index contributed by atoms with van der Waals surface area (Å²) in [6.07, 6.45) is 0.516. The number of hydrogen-bond acceptors (Lipinski definition) is 3. The average Bonchev–Trinajstić information content (AvgIpc) is 2.48. The Morgan fingerprint density at radius 3 is 2.57 bits per heavy atom. The SMILES string of the molecule is COc1ccc(NC(=O)[C@H](N)Cc2ccccc2)cc1C. The third-order valence-corrected chi connectivity index (χ3v) is 3.30. The molecule has 0 unspecified atom stereocenters. The molecule has 0 fully saturated rings. The molecular formula is C17H20N2O2. The van der Waals surface area contributed by atoms with E-state index in [2.05, 4.69) is 5.32 Å². The predicted molar refractivity (Wildman–Crippen MR) is 84.5 cm³/mol. The molecule has 3 N–H and O–H groups in total. The summed E-state index contributed by atoms with van der Waals surface area (Å²) in [5, 5.41) is 2.83. The van der Waals surface area contributed by atoms with Crippen LogP contribution < -0.4 is 15.8 Å². The second-order valence-electron chi connectivity index (χ2n) is 4.97. The molecule has 0 aliphatic carbocycles. The van der Waals surface area contributed by atoms with Crippen molar-refractivity contribution in [1.29, 1.82) is 0 Å². The first kappa shape index (κ1) is 15.1. The number of aryl methyl sites for hydroxylation is 1. The van der Waals surface area contributed by atoms with Crippen molar-refractivity contribution < 1.29 is 9.53 Å². The number of nitrogens with two attached hydrogens (primary N) is 1. The molecule has 4 nitrogen and oxygen atoms in total. The fourth-order valence-corrected chi connectivity index (χ4v) is 2.15. The summed E-state index contributed by atoms with van der Waals surface area (Å²) < 4.78 is 5.19. The van der Waals surface area contributed by atoms with E-state index in [9.17, 15) is 4.79 Å². The lowest BCUT2D eigenvalue weighted by molar-refractivity contribution is -0.117. The highest BCUT2D eigenvalue weighted by atomic mass is 16.5. The van der Waals surface area contributed by atoms with Crippen LogP contribution in [0.3, 0.4) is 0 Å². The quantitative estimate of drug-likeness (QED) is 0.886. The van der Waals surface area contributed by atoms with Gasteiger partial charge >= 0.3 is 0 Å². The molecule has 0 bridgehead atoms. The number of benzene rings is 2. The van der Waals surface area contributed by atoms with Crippen LogP contribution in [0.15, 0.2) is 48.5 Å². The van der Waals surface area contributed by atoms with Gasteiger partial charge in [0.25, 0.3) is 0 Å². The maximum atomic E-state index is 12.1. The molecule has 0 spiro atoms. The highest BCUT2D eigenvalue weighted by Crippen LogP contribution is 2.21. The average molecular weight is 284 g/mol. The van der Waals surface area contributed by atoms with Crippen LogP contribution in [0.4, 0.5) is 5.69 Å². The van der Waals surface area contributed by atoms with Crippen LogP contribution >= 0.6 is 0 Å². The van der Waals surface area contributed by atoms with E-state index in [4.69, 9.17) is 10.5 Å². The van der Waals surface area contributed by atoms with Crippen LogP contribution in [0.2, 0.25) is 0 Å². The van der Waals surface area contributed by atoms with E-state index in [1.54, 1.807) is 13.2 Å². The van der Waals surface area contributed by atoms with Crippen molar-refractivity contribution in [3.8, 4) is 5.75 Å². The van der Waals surface area contributed by atoms with E-state index in [-0.39, 0.29) is 5.91 Å². The number of hydrogen-bond donors (Lipinski definition) is 2. The van der Waals surface area contributed by atoms with Crippen molar-refractivity contribution in [3.63, 3.8) is 0 Å². The molecule has 0 saturated carbocycles. The molecule has 1 amide bonds. The van der Waals surface area contributed by atoms with Crippen LogP contribution in [-0.2, 0) is 11.2 Å². The van der Waals surface area contributed by atoms with Crippen molar-refractivity contribution in [2.75, 3.05) is 12.4 Å². The van der Waals surface area contributed by atoms with Gasteiger partial charge in [-0.2, -0.15) is 0 Å². The number of anilines is 1. The third kappa shape index (κ3) is 4.07. The number of amides is 1. The fraction of sp³-hybridized carbons (Fsp3) is 0.235. The Hall–Kier alpha value is -2.33. The van der Waals surface area contributed by atoms with Crippen molar-refractivity contribution >= 4 is 11.6 Å². The van der Waals surface area contributed by atoms with E-state index in [1.165, 1.54) is 0 Å². The van der Waals surface area contributed by atoms with Crippen LogP contribution in [0.25, 0.3) is 0 Å². The molecule has 0 saturated heterocycles. The molecule has 2 aromatic carbocycles. The van der Waals surface area contributed by atoms with Crippen LogP contribution in [-0.4, -0.2) is 19.1 Å². The highest BCUT2D eigenvalue weighted by molar-refractivity contribution is 5.95. The standard InChI is InChI=1S/C17H20N2O2/c1-12-10-14(8-9-16(12)21-2)19-17(20)15(18)11-13-6-4-3-5-7-13/h3-10,15H,11,18H2,1-2H3,(H,19,20)/t15-/m1/s1. The van der Waals surface area contributed by atoms with Gasteiger partial charge in [0, 0.05) is 5.69 Å². The normalized spacial score (nSPS) is 11.8. The smallest absolute Gasteiger partial charge is 0.241 e. The minimum Gasteiger partial charge on any atom is -0.496 e. The van der Waals surface area contributed by atoms with Gasteiger partial charge in [0.2, 0.25) is 5.91 Å². The largest absolute Gasteiger partial charge is 0.496 e. The Morgan fingerprint density at radius 1 is 1.24 bits per heavy atom. The van der Waals surface area contributed by atoms with Gasteiger partial charge in [0.15, 0.2) is 0 Å². The van der Waals surface area contributed by atoms with Crippen molar-refractivity contribution in [2.45, 2.75) is 19.4 Å². The van der Waals surface area contributed by atoms with E-state index in [1.807, 2.05) is 49.4 Å². The zero-order chi connectivity index (χ0) is 15.2. The maximum absolute atomic E-state index is 12.1. The monoisotopic (exact) mass is 284 g/mol. The molecule has 0 heterocycles. The topological polar surface area (TPSA) is 64.3 Å². The van der Waals surface area contributed by atoms with Crippen LogP contribution in [0, 0.1) is 6.92 Å². The third-order valence-electron chi connectivity index (χ3n) is 3.30. The zero-order valence-electron chi connectivity index (χ0n) is 12.3. The molecule has 4 heteroatoms. The van der Waals surface area contributed by atoms with E-state index >= 15 is 0 Å². The molecule has 2 aromatic rings. The van der Waals surface area contributed by atoms with E-state index in [0.717, 1.165) is 22.6 Å². The highest BCUT2D eigenvalue weighted by Gasteiger charge is 2.14. The predicted octanol–water partition coefficient (Wildman–Crippen LogP) is 2.51. The Morgan fingerprint density at radius 2 is 1.95 bits per heavy atom. The van der Waals surface area contributed by atoms with Gasteiger partial charge in [0.05, 0.1) is 13.2 Å². The molecule has 0 aliphatic rings. The Kier molecular flexibility index (Phi) is 4.95. The maximum Gasteiger partial charge on any atom is 0.241 e. The van der Waals surface area contributed by atoms with Crippen LogP contribution in [0.5, 0.6) is 5.75 Å². The Labute approximate surface area is 124 Å². The summed E-state index contributed by atoms with van der Waals surface area (Å²) in [7, 11) is 1.62. The molecule has 1 atom stereocenters. The van der Waals surface area contributed by atoms with Gasteiger partial charge in [-0.3, -0.25) is 4.79 Å². The van der Waals surface area contributed by atoms with Gasteiger partial charge in [-0.05, 0) is 42.7 Å². The Balaban J connectivity index is 1.99. The summed E-state index contributed by atoms with van der Waals surface area (Å²) in [6.45, 7) is 1.93. The van der Waals surface area contributed by atoms with E-state index in [0.29, 0.717) is 6.42 Å². The van der Waals surface area contributed by atoms with Crippen LogP contribution in [0.1, 0.15) is 11.1 Å². The fourth-order valence-electron chi connectivity index (χ4n) is 2.15. The number of rotatable bonds is 5. The zero-order valence-corrected chi connectivity index (χ0v) is 12.3. The molecular weight excluding hydrogens is 264 g/mol. The summed E-state index contributed by atoms with van der Waals surface area (Å²) in [4.78, 5) is 12.1. The molecule has 21 heavy (non-hydrogen) atoms. The van der Waals surface area contributed by atoms with E-state index < -0.39 is 6.04 Å². The first-order chi connectivity index (χ1) is 10.1. The number of nitrogens with one attached hydrogen (secondary N) is 1. The first-order valence-electron chi connectivity index (χ1n) is 6.85. The van der Waals surface area contributed by atoms with Crippen molar-refractivity contribution in [3.05, 3.63) is 59.7 Å². The second-order valence-corrected chi connectivity index (χ2v) is 4.97. The lowest BCUT2D eigenvalue weighted by Crippen LogP contribution is -2.37. The molecule has 110 valence electrons. The summed E-state index contributed by atoms with van der Waals surface area (Å²) in [5.74, 6) is 0.602. The lowest BCUT2D eigenvalue weighted by Gasteiger charge is -2.13. The summed E-state index contributed by atoms with van der Waals surface area (Å²) >= 11 is 0. The van der Waals surface area contributed by atoms with Crippen molar-refractivity contribution in [1.82, 2.24) is 0 Å². The molecule has 2 rings (SSSR count). The second kappa shape index (κ2) is 6.90. The van der Waals surface area contributed by atoms with Gasteiger partial charge in [-0.25, -0.2) is 0 Å². The van der Waals surface area contributed by atoms with Gasteiger partial charge in [-0.1, -0.05) is 30.3 Å². The number of carbonyl (C=O) groups is 1. The van der Waals surface area contributed by atoms with Gasteiger partial charge in [-0.15, -0.1) is 0 Å². The minimum atomic E-state index is -0.574. The molecule has 0 radical (unpaired) electrons.